The molecule has 0 saturated carbocycles. The van der Waals surface area contributed by atoms with E-state index in [9.17, 15) is 0 Å². The van der Waals surface area contributed by atoms with Crippen molar-refractivity contribution in [2.45, 2.75) is 65.2 Å². The Hall–Kier alpha value is -0.170. The highest BCUT2D eigenvalue weighted by Gasteiger charge is 1.99. The normalized spacial score (nSPS) is 12.7. The number of hydrogen-bond acceptors (Lipinski definition) is 5. The highest BCUT2D eigenvalue weighted by Crippen LogP contribution is 2.13. The molecule has 0 aromatic heterocycles. The lowest BCUT2D eigenvalue weighted by atomic mass is 9.99. The van der Waals surface area contributed by atoms with Crippen molar-refractivity contribution in [2.24, 2.45) is 5.92 Å². The van der Waals surface area contributed by atoms with Crippen molar-refractivity contribution in [1.82, 2.24) is 0 Å². The van der Waals surface area contributed by atoms with Crippen molar-refractivity contribution in [3.8, 4) is 0 Å². The van der Waals surface area contributed by atoms with Crippen LogP contribution < -0.4 is 0 Å². The fraction of sp³-hybridized carbons (Fsp3) is 1.00. The molecule has 0 aliphatic heterocycles. The Bertz CT molecular complexity index is 243. The first kappa shape index (κ1) is 20.2. The van der Waals surface area contributed by atoms with Gasteiger partial charge in [-0.05, 0) is 12.3 Å². The van der Waals surface area contributed by atoms with Gasteiger partial charge in [-0.2, -0.15) is 0 Å². The molecule has 0 aromatic carbocycles. The van der Waals surface area contributed by atoms with E-state index in [-0.39, 0.29) is 0 Å². The van der Waals surface area contributed by atoms with E-state index in [1.165, 1.54) is 44.9 Å². The third-order valence-corrected chi connectivity index (χ3v) is 2.67. The molecule has 0 bridgehead atoms. The van der Waals surface area contributed by atoms with Crippen molar-refractivity contribution in [3.63, 3.8) is 0 Å². The quantitative estimate of drug-likeness (QED) is 0.397. The molecule has 112 valence electrons. The standard InChI is InChI=1S/C12H26O.H2O4S/c1-3-4-5-6-7-8-9-12(2)10-11-13;1-5(2,3)4/h12-13H,3-11H2,1-2H3;(H2,1,2,3,4)/p-2. The third kappa shape index (κ3) is 29.7. The molecule has 0 fully saturated rings. The van der Waals surface area contributed by atoms with E-state index in [4.69, 9.17) is 22.6 Å². The van der Waals surface area contributed by atoms with Crippen molar-refractivity contribution in [3.05, 3.63) is 0 Å². The molecule has 0 heterocycles. The minimum absolute atomic E-state index is 0.358. The molecule has 1 atom stereocenters. The Labute approximate surface area is 111 Å². The number of hydrogen-bond donors (Lipinski definition) is 1. The molecule has 1 N–H and O–H groups in total. The van der Waals surface area contributed by atoms with Gasteiger partial charge in [0.25, 0.3) is 0 Å². The van der Waals surface area contributed by atoms with Crippen molar-refractivity contribution in [1.29, 1.82) is 0 Å². The highest BCUT2D eigenvalue weighted by atomic mass is 32.3. The van der Waals surface area contributed by atoms with E-state index in [1.807, 2.05) is 0 Å². The van der Waals surface area contributed by atoms with E-state index in [1.54, 1.807) is 0 Å². The Balaban J connectivity index is 0. The predicted octanol–water partition coefficient (Wildman–Crippen LogP) is 2.42. The Morgan fingerprint density at radius 1 is 1.00 bits per heavy atom. The van der Waals surface area contributed by atoms with E-state index >= 15 is 0 Å². The monoisotopic (exact) mass is 282 g/mol. The maximum atomic E-state index is 8.71. The van der Waals surface area contributed by atoms with Gasteiger partial charge in [0.15, 0.2) is 0 Å². The summed E-state index contributed by atoms with van der Waals surface area (Å²) in [6, 6.07) is 0. The molecule has 1 unspecified atom stereocenters. The zero-order valence-corrected chi connectivity index (χ0v) is 12.2. The molecule has 0 rings (SSSR count). The molecule has 5 nitrogen and oxygen atoms in total. The summed E-state index contributed by atoms with van der Waals surface area (Å²) in [5.41, 5.74) is 0. The van der Waals surface area contributed by atoms with Gasteiger partial charge in [0.2, 0.25) is 0 Å². The summed E-state index contributed by atoms with van der Waals surface area (Å²) in [6.07, 6.45) is 10.6. The largest absolute Gasteiger partial charge is 0.759 e. The molecule has 0 radical (unpaired) electrons. The van der Waals surface area contributed by atoms with E-state index in [0.717, 1.165) is 12.3 Å². The van der Waals surface area contributed by atoms with Gasteiger partial charge < -0.3 is 14.2 Å². The first-order valence-electron chi connectivity index (χ1n) is 6.58. The first-order chi connectivity index (χ1) is 8.31. The third-order valence-electron chi connectivity index (χ3n) is 2.67. The van der Waals surface area contributed by atoms with E-state index < -0.39 is 10.4 Å². The van der Waals surface area contributed by atoms with Gasteiger partial charge in [-0.1, -0.05) is 58.8 Å². The average molecular weight is 282 g/mol. The fourth-order valence-electron chi connectivity index (χ4n) is 1.64. The van der Waals surface area contributed by atoms with Crippen LogP contribution in [0.4, 0.5) is 0 Å². The van der Waals surface area contributed by atoms with Crippen LogP contribution in [0.25, 0.3) is 0 Å². The Morgan fingerprint density at radius 3 is 1.89 bits per heavy atom. The molecule has 0 amide bonds. The predicted molar refractivity (Wildman–Crippen MR) is 69.3 cm³/mol. The van der Waals surface area contributed by atoms with E-state index in [2.05, 4.69) is 13.8 Å². The molecule has 6 heteroatoms. The van der Waals surface area contributed by atoms with Gasteiger partial charge in [0, 0.05) is 17.0 Å². The first-order valence-corrected chi connectivity index (χ1v) is 7.92. The van der Waals surface area contributed by atoms with Gasteiger partial charge in [-0.25, -0.2) is 0 Å². The number of aliphatic hydroxyl groups excluding tert-OH is 1. The zero-order chi connectivity index (χ0) is 14.4. The average Bonchev–Trinajstić information content (AvgIpc) is 2.21. The Kier molecular flexibility index (Phi) is 14.9. The molecule has 0 aromatic rings. The lowest BCUT2D eigenvalue weighted by molar-refractivity contribution is 0.256. The lowest BCUT2D eigenvalue weighted by Gasteiger charge is -2.08. The molecule has 18 heavy (non-hydrogen) atoms. The SMILES string of the molecule is CCCCCCCCC(C)CCO.O=S(=O)([O-])[O-]. The maximum Gasteiger partial charge on any atom is 0.0433 e. The van der Waals surface area contributed by atoms with Crippen molar-refractivity contribution in [2.75, 3.05) is 6.61 Å². The smallest absolute Gasteiger partial charge is 0.0433 e. The molecule has 0 aliphatic rings. The number of rotatable bonds is 9. The van der Waals surface area contributed by atoms with Crippen LogP contribution in [0.5, 0.6) is 0 Å². The van der Waals surface area contributed by atoms with E-state index in [0.29, 0.717) is 6.61 Å². The lowest BCUT2D eigenvalue weighted by Crippen LogP contribution is -1.97. The molecule has 0 saturated heterocycles. The summed E-state index contributed by atoms with van der Waals surface area (Å²) in [5.74, 6) is 0.719. The summed E-state index contributed by atoms with van der Waals surface area (Å²) >= 11 is 0. The van der Waals surface area contributed by atoms with Crippen LogP contribution in [0, 0.1) is 5.92 Å². The van der Waals surface area contributed by atoms with Gasteiger partial charge in [0.1, 0.15) is 0 Å². The second-order valence-electron chi connectivity index (χ2n) is 4.58. The number of unbranched alkanes of at least 4 members (excludes halogenated alkanes) is 5. The fourth-order valence-corrected chi connectivity index (χ4v) is 1.64. The van der Waals surface area contributed by atoms with Crippen LogP contribution in [-0.4, -0.2) is 29.2 Å². The van der Waals surface area contributed by atoms with Crippen LogP contribution >= 0.6 is 0 Å². The maximum absolute atomic E-state index is 8.71. The molecular formula is C12H26O5S-2. The zero-order valence-electron chi connectivity index (χ0n) is 11.4. The van der Waals surface area contributed by atoms with Crippen molar-refractivity contribution >= 4 is 10.4 Å². The van der Waals surface area contributed by atoms with Gasteiger partial charge in [-0.3, -0.25) is 8.42 Å². The van der Waals surface area contributed by atoms with Crippen LogP contribution in [0.1, 0.15) is 65.2 Å². The Morgan fingerprint density at radius 2 is 1.44 bits per heavy atom. The van der Waals surface area contributed by atoms with Crippen LogP contribution in [0.2, 0.25) is 0 Å². The van der Waals surface area contributed by atoms with Gasteiger partial charge in [-0.15, -0.1) is 0 Å². The minimum Gasteiger partial charge on any atom is -0.759 e. The van der Waals surface area contributed by atoms with Crippen molar-refractivity contribution < 1.29 is 22.6 Å². The summed E-state index contributed by atoms with van der Waals surface area (Å²) in [4.78, 5) is 0. The summed E-state index contributed by atoms with van der Waals surface area (Å²) in [5, 5.41) is 8.71. The number of aliphatic hydroxyl groups is 1. The minimum atomic E-state index is -5.17. The van der Waals surface area contributed by atoms with Crippen LogP contribution in [0.15, 0.2) is 0 Å². The highest BCUT2D eigenvalue weighted by molar-refractivity contribution is 7.79. The molecular weight excluding hydrogens is 256 g/mol. The second-order valence-corrected chi connectivity index (χ2v) is 5.40. The summed E-state index contributed by atoms with van der Waals surface area (Å²) < 4.78 is 34.1. The summed E-state index contributed by atoms with van der Waals surface area (Å²) in [7, 11) is -5.17. The van der Waals surface area contributed by atoms with Crippen LogP contribution in [-0.2, 0) is 10.4 Å². The molecule has 0 aliphatic carbocycles. The summed E-state index contributed by atoms with van der Waals surface area (Å²) in [6.45, 7) is 4.85. The van der Waals surface area contributed by atoms with Gasteiger partial charge >= 0.3 is 0 Å². The second kappa shape index (κ2) is 13.3. The molecule has 0 spiro atoms. The van der Waals surface area contributed by atoms with Crippen LogP contribution in [0.3, 0.4) is 0 Å². The topological polar surface area (TPSA) is 100 Å². The van der Waals surface area contributed by atoms with Gasteiger partial charge in [0.05, 0.1) is 0 Å².